The SMILES string of the molecule is Nc1cc(CCCNC(=O)c2cc(Cl)c[nH]2)nn1-c1ccccc1. The summed E-state index contributed by atoms with van der Waals surface area (Å²) in [5, 5.41) is 7.87. The van der Waals surface area contributed by atoms with Crippen LogP contribution in [0.1, 0.15) is 22.6 Å². The summed E-state index contributed by atoms with van der Waals surface area (Å²) in [6, 6.07) is 13.2. The second kappa shape index (κ2) is 7.23. The van der Waals surface area contributed by atoms with E-state index >= 15 is 0 Å². The van der Waals surface area contributed by atoms with Crippen molar-refractivity contribution in [1.29, 1.82) is 0 Å². The van der Waals surface area contributed by atoms with E-state index < -0.39 is 0 Å². The van der Waals surface area contributed by atoms with Crippen LogP contribution in [-0.2, 0) is 6.42 Å². The van der Waals surface area contributed by atoms with Gasteiger partial charge in [-0.3, -0.25) is 4.79 Å². The number of aromatic amines is 1. The number of aromatic nitrogens is 3. The van der Waals surface area contributed by atoms with Crippen molar-refractivity contribution in [3.63, 3.8) is 0 Å². The number of rotatable bonds is 6. The fourth-order valence-corrected chi connectivity index (χ4v) is 2.57. The van der Waals surface area contributed by atoms with Crippen molar-refractivity contribution in [3.8, 4) is 5.69 Å². The average Bonchev–Trinajstić information content (AvgIpc) is 3.18. The van der Waals surface area contributed by atoms with Crippen molar-refractivity contribution >= 4 is 23.3 Å². The van der Waals surface area contributed by atoms with Gasteiger partial charge in [0.2, 0.25) is 0 Å². The molecule has 6 nitrogen and oxygen atoms in total. The molecule has 0 spiro atoms. The fourth-order valence-electron chi connectivity index (χ4n) is 2.41. The molecule has 2 aromatic heterocycles. The van der Waals surface area contributed by atoms with Crippen LogP contribution in [0.5, 0.6) is 0 Å². The smallest absolute Gasteiger partial charge is 0.267 e. The van der Waals surface area contributed by atoms with Crippen LogP contribution in [0.25, 0.3) is 5.69 Å². The number of anilines is 1. The Hall–Kier alpha value is -2.73. The van der Waals surface area contributed by atoms with Gasteiger partial charge in [-0.25, -0.2) is 4.68 Å². The van der Waals surface area contributed by atoms with Gasteiger partial charge in [-0.15, -0.1) is 0 Å². The Morgan fingerprint density at radius 3 is 2.79 bits per heavy atom. The molecule has 3 aromatic rings. The van der Waals surface area contributed by atoms with E-state index in [0.717, 1.165) is 24.2 Å². The zero-order valence-corrected chi connectivity index (χ0v) is 13.8. The van der Waals surface area contributed by atoms with Gasteiger partial charge in [0.05, 0.1) is 16.4 Å². The lowest BCUT2D eigenvalue weighted by Gasteiger charge is -2.03. The molecule has 4 N–H and O–H groups in total. The Bertz CT molecular complexity index is 825. The van der Waals surface area contributed by atoms with E-state index in [9.17, 15) is 4.79 Å². The van der Waals surface area contributed by atoms with Crippen molar-refractivity contribution in [2.24, 2.45) is 0 Å². The molecule has 0 aliphatic carbocycles. The molecule has 0 saturated carbocycles. The second-order valence-corrected chi connectivity index (χ2v) is 5.84. The molecule has 0 bridgehead atoms. The first-order valence-electron chi connectivity index (χ1n) is 7.65. The van der Waals surface area contributed by atoms with Gasteiger partial charge in [-0.2, -0.15) is 5.10 Å². The minimum Gasteiger partial charge on any atom is -0.384 e. The van der Waals surface area contributed by atoms with Gasteiger partial charge in [-0.05, 0) is 31.0 Å². The van der Waals surface area contributed by atoms with E-state index in [1.54, 1.807) is 16.9 Å². The van der Waals surface area contributed by atoms with Gasteiger partial charge in [-0.1, -0.05) is 29.8 Å². The molecule has 1 aromatic carbocycles. The van der Waals surface area contributed by atoms with Crippen LogP contribution in [0.2, 0.25) is 5.02 Å². The topological polar surface area (TPSA) is 88.7 Å². The quantitative estimate of drug-likeness (QED) is 0.601. The molecule has 0 unspecified atom stereocenters. The van der Waals surface area contributed by atoms with Crippen molar-refractivity contribution in [2.75, 3.05) is 12.3 Å². The number of aryl methyl sites for hydroxylation is 1. The lowest BCUT2D eigenvalue weighted by molar-refractivity contribution is 0.0949. The predicted octanol–water partition coefficient (Wildman–Crippen LogP) is 2.80. The lowest BCUT2D eigenvalue weighted by atomic mass is 10.2. The van der Waals surface area contributed by atoms with E-state index in [0.29, 0.717) is 23.1 Å². The molecule has 0 aliphatic rings. The summed E-state index contributed by atoms with van der Waals surface area (Å²) in [5.74, 6) is 0.428. The van der Waals surface area contributed by atoms with Crippen LogP contribution in [0.3, 0.4) is 0 Å². The van der Waals surface area contributed by atoms with Gasteiger partial charge in [0.15, 0.2) is 0 Å². The van der Waals surface area contributed by atoms with E-state index in [1.165, 1.54) is 0 Å². The first-order valence-corrected chi connectivity index (χ1v) is 8.03. The fraction of sp³-hybridized carbons (Fsp3) is 0.176. The minimum absolute atomic E-state index is 0.170. The molecule has 24 heavy (non-hydrogen) atoms. The van der Waals surface area contributed by atoms with Crippen LogP contribution in [0.4, 0.5) is 5.82 Å². The van der Waals surface area contributed by atoms with E-state index in [4.69, 9.17) is 17.3 Å². The van der Waals surface area contributed by atoms with Crippen LogP contribution in [0, 0.1) is 0 Å². The molecule has 7 heteroatoms. The van der Waals surface area contributed by atoms with Crippen molar-refractivity contribution in [2.45, 2.75) is 12.8 Å². The maximum absolute atomic E-state index is 11.9. The third-order valence-corrected chi connectivity index (χ3v) is 3.79. The molecule has 2 heterocycles. The number of nitrogen functional groups attached to an aromatic ring is 1. The summed E-state index contributed by atoms with van der Waals surface area (Å²) in [5.41, 5.74) is 8.30. The molecule has 0 saturated heterocycles. The van der Waals surface area contributed by atoms with Crippen molar-refractivity contribution < 1.29 is 4.79 Å². The number of nitrogens with one attached hydrogen (secondary N) is 2. The van der Waals surface area contributed by atoms with Crippen LogP contribution in [-0.4, -0.2) is 27.2 Å². The van der Waals surface area contributed by atoms with Gasteiger partial charge < -0.3 is 16.0 Å². The molecule has 0 fully saturated rings. The number of amides is 1. The number of nitrogens with zero attached hydrogens (tertiary/aromatic N) is 2. The number of benzene rings is 1. The average molecular weight is 344 g/mol. The molecule has 124 valence electrons. The Labute approximate surface area is 144 Å². The maximum atomic E-state index is 11.9. The summed E-state index contributed by atoms with van der Waals surface area (Å²) in [6.07, 6.45) is 3.08. The number of carbonyl (C=O) groups is 1. The van der Waals surface area contributed by atoms with Crippen LogP contribution < -0.4 is 11.1 Å². The molecular weight excluding hydrogens is 326 g/mol. The Morgan fingerprint density at radius 1 is 1.29 bits per heavy atom. The number of hydrogen-bond donors (Lipinski definition) is 3. The summed E-state index contributed by atoms with van der Waals surface area (Å²) >= 11 is 5.78. The van der Waals surface area contributed by atoms with Crippen molar-refractivity contribution in [1.82, 2.24) is 20.1 Å². The number of carbonyl (C=O) groups excluding carboxylic acids is 1. The third-order valence-electron chi connectivity index (χ3n) is 3.58. The monoisotopic (exact) mass is 343 g/mol. The predicted molar refractivity (Wildman–Crippen MR) is 94.4 cm³/mol. The number of nitrogens with two attached hydrogens (primary N) is 1. The Balaban J connectivity index is 1.52. The summed E-state index contributed by atoms with van der Waals surface area (Å²) in [7, 11) is 0. The number of para-hydroxylation sites is 1. The first-order chi connectivity index (χ1) is 11.6. The highest BCUT2D eigenvalue weighted by molar-refractivity contribution is 6.30. The molecule has 0 aliphatic heterocycles. The first kappa shape index (κ1) is 16.1. The molecular formula is C17H18ClN5O. The van der Waals surface area contributed by atoms with Gasteiger partial charge in [0.25, 0.3) is 5.91 Å². The van der Waals surface area contributed by atoms with Gasteiger partial charge >= 0.3 is 0 Å². The third kappa shape index (κ3) is 3.78. The number of halogens is 1. The zero-order chi connectivity index (χ0) is 16.9. The standard InChI is InChI=1S/C17H18ClN5O/c18-12-9-15(21-11-12)17(24)20-8-4-5-13-10-16(19)23(22-13)14-6-2-1-3-7-14/h1-3,6-7,9-11,21H,4-5,8,19H2,(H,20,24). The van der Waals surface area contributed by atoms with Gasteiger partial charge in [0.1, 0.15) is 11.5 Å². The largest absolute Gasteiger partial charge is 0.384 e. The molecule has 3 rings (SSSR count). The van der Waals surface area contributed by atoms with E-state index in [-0.39, 0.29) is 5.91 Å². The highest BCUT2D eigenvalue weighted by Gasteiger charge is 2.09. The highest BCUT2D eigenvalue weighted by atomic mass is 35.5. The normalized spacial score (nSPS) is 10.7. The summed E-state index contributed by atoms with van der Waals surface area (Å²) < 4.78 is 1.72. The van der Waals surface area contributed by atoms with Crippen LogP contribution >= 0.6 is 11.6 Å². The minimum atomic E-state index is -0.170. The summed E-state index contributed by atoms with van der Waals surface area (Å²) in [4.78, 5) is 14.7. The Morgan fingerprint density at radius 2 is 2.08 bits per heavy atom. The maximum Gasteiger partial charge on any atom is 0.267 e. The second-order valence-electron chi connectivity index (χ2n) is 5.40. The van der Waals surface area contributed by atoms with E-state index in [1.807, 2.05) is 36.4 Å². The summed E-state index contributed by atoms with van der Waals surface area (Å²) in [6.45, 7) is 0.549. The Kier molecular flexibility index (Phi) is 4.86. The van der Waals surface area contributed by atoms with Crippen molar-refractivity contribution in [3.05, 3.63) is 65.1 Å². The van der Waals surface area contributed by atoms with E-state index in [2.05, 4.69) is 15.4 Å². The number of H-pyrrole nitrogens is 1. The molecule has 1 amide bonds. The molecule has 0 radical (unpaired) electrons. The van der Waals surface area contributed by atoms with Crippen LogP contribution in [0.15, 0.2) is 48.7 Å². The van der Waals surface area contributed by atoms with Gasteiger partial charge in [0, 0.05) is 18.8 Å². The number of hydrogen-bond acceptors (Lipinski definition) is 3. The lowest BCUT2D eigenvalue weighted by Crippen LogP contribution is -2.25. The highest BCUT2D eigenvalue weighted by Crippen LogP contribution is 2.15. The zero-order valence-electron chi connectivity index (χ0n) is 13.0. The molecule has 0 atom stereocenters.